The van der Waals surface area contributed by atoms with Gasteiger partial charge in [-0.2, -0.15) is 9.59 Å². The summed E-state index contributed by atoms with van der Waals surface area (Å²) in [4.78, 5) is 31.5. The van der Waals surface area contributed by atoms with Crippen molar-refractivity contribution in [2.75, 3.05) is 33.7 Å². The van der Waals surface area contributed by atoms with Gasteiger partial charge in [0, 0.05) is 26.1 Å². The molecular weight excluding hydrogens is 432 g/mol. The molecule has 0 aliphatic carbocycles. The van der Waals surface area contributed by atoms with E-state index in [1.165, 1.54) is 0 Å². The first-order valence-electron chi connectivity index (χ1n) is 11.9. The number of carbonyl (C=O) groups excluding carboxylic acids is 3. The van der Waals surface area contributed by atoms with Crippen LogP contribution in [-0.2, 0) is 19.9 Å². The first-order valence-corrected chi connectivity index (χ1v) is 11.9. The van der Waals surface area contributed by atoms with Gasteiger partial charge >= 0.3 is 12.2 Å². The Balaban J connectivity index is 0. The van der Waals surface area contributed by atoms with Crippen LogP contribution in [0.25, 0.3) is 0 Å². The molecule has 0 saturated carbocycles. The number of ether oxygens (including phenoxy) is 1. The molecule has 1 aromatic carbocycles. The number of likely N-dealkylation sites (tertiary alicyclic amines) is 1. The van der Waals surface area contributed by atoms with E-state index in [2.05, 4.69) is 11.5 Å². The Hall–Kier alpha value is -2.47. The van der Waals surface area contributed by atoms with E-state index in [1.807, 2.05) is 86.0 Å². The summed E-state index contributed by atoms with van der Waals surface area (Å²) in [7, 11) is 4.04. The molecule has 1 aromatic rings. The summed E-state index contributed by atoms with van der Waals surface area (Å²) in [5.41, 5.74) is 0.830. The molecule has 0 aromatic heterocycles. The Morgan fingerprint density at radius 3 is 1.97 bits per heavy atom. The molecule has 1 aliphatic heterocycles. The summed E-state index contributed by atoms with van der Waals surface area (Å²) in [6, 6.07) is 9.87. The van der Waals surface area contributed by atoms with Crippen LogP contribution in [-0.4, -0.2) is 66.5 Å². The van der Waals surface area contributed by atoms with Crippen molar-refractivity contribution < 1.29 is 24.2 Å². The standard InChI is InChI=1S/C15H23NO.C9H17NO2.C2H6.CO2/c1-13(2)12-15(17,10-11-16(3)4)14-8-6-5-7-9-14;1-9(2,3)12-8(11)10-6-4-5-7-10;1-2;2-1-3/h5-9,17H,1,10-12H2,2-4H3;4-7H2,1-3H3;1-2H3;. The van der Waals surface area contributed by atoms with Gasteiger partial charge in [0.05, 0.1) is 5.60 Å². The average molecular weight is 479 g/mol. The van der Waals surface area contributed by atoms with Crippen molar-refractivity contribution in [3.8, 4) is 0 Å². The summed E-state index contributed by atoms with van der Waals surface area (Å²) in [5.74, 6) is 0. The smallest absolute Gasteiger partial charge is 0.410 e. The monoisotopic (exact) mass is 478 g/mol. The van der Waals surface area contributed by atoms with Crippen LogP contribution in [0.15, 0.2) is 42.5 Å². The van der Waals surface area contributed by atoms with Gasteiger partial charge in [-0.15, -0.1) is 6.58 Å². The Morgan fingerprint density at radius 2 is 1.59 bits per heavy atom. The first-order chi connectivity index (χ1) is 15.8. The number of nitrogens with zero attached hydrogens (tertiary/aromatic N) is 2. The lowest BCUT2D eigenvalue weighted by atomic mass is 9.85. The van der Waals surface area contributed by atoms with Crippen molar-refractivity contribution in [2.24, 2.45) is 0 Å². The molecule has 1 unspecified atom stereocenters. The lowest BCUT2D eigenvalue weighted by molar-refractivity contribution is -0.191. The lowest BCUT2D eigenvalue weighted by Gasteiger charge is -2.30. The molecule has 0 spiro atoms. The van der Waals surface area contributed by atoms with Crippen LogP contribution in [0.5, 0.6) is 0 Å². The van der Waals surface area contributed by atoms with Crippen molar-refractivity contribution in [3.63, 3.8) is 0 Å². The Bertz CT molecular complexity index is 716. The molecule has 7 nitrogen and oxygen atoms in total. The maximum atomic E-state index is 11.4. The van der Waals surface area contributed by atoms with Gasteiger partial charge in [0.1, 0.15) is 5.60 Å². The number of carbonyl (C=O) groups is 1. The Morgan fingerprint density at radius 1 is 1.12 bits per heavy atom. The van der Waals surface area contributed by atoms with Crippen molar-refractivity contribution in [1.82, 2.24) is 9.80 Å². The van der Waals surface area contributed by atoms with E-state index in [0.29, 0.717) is 6.42 Å². The van der Waals surface area contributed by atoms with Gasteiger partial charge in [-0.3, -0.25) is 0 Å². The van der Waals surface area contributed by atoms with Gasteiger partial charge in [0.25, 0.3) is 0 Å². The van der Waals surface area contributed by atoms with Gasteiger partial charge in [0.2, 0.25) is 0 Å². The van der Waals surface area contributed by atoms with Gasteiger partial charge in [-0.25, -0.2) is 4.79 Å². The minimum Gasteiger partial charge on any atom is -0.444 e. The molecule has 194 valence electrons. The van der Waals surface area contributed by atoms with E-state index in [1.54, 1.807) is 4.90 Å². The molecule has 1 aliphatic rings. The summed E-state index contributed by atoms with van der Waals surface area (Å²) in [6.07, 6.45) is 3.64. The normalized spacial score (nSPS) is 14.1. The van der Waals surface area contributed by atoms with Crippen molar-refractivity contribution in [1.29, 1.82) is 0 Å². The van der Waals surface area contributed by atoms with Crippen molar-refractivity contribution >= 4 is 12.2 Å². The molecule has 0 bridgehead atoms. The second kappa shape index (κ2) is 17.9. The van der Waals surface area contributed by atoms with Crippen LogP contribution in [0.3, 0.4) is 0 Å². The van der Waals surface area contributed by atoms with Crippen LogP contribution in [0.2, 0.25) is 0 Å². The fraction of sp³-hybridized carbons (Fsp3) is 0.630. The van der Waals surface area contributed by atoms with E-state index >= 15 is 0 Å². The van der Waals surface area contributed by atoms with Gasteiger partial charge in [-0.1, -0.05) is 49.8 Å². The zero-order valence-corrected chi connectivity index (χ0v) is 22.5. The third-order valence-corrected chi connectivity index (χ3v) is 4.64. The van der Waals surface area contributed by atoms with E-state index < -0.39 is 5.60 Å². The number of hydrogen-bond acceptors (Lipinski definition) is 6. The highest BCUT2D eigenvalue weighted by atomic mass is 16.6. The van der Waals surface area contributed by atoms with Gasteiger partial charge in [0.15, 0.2) is 0 Å². The fourth-order valence-corrected chi connectivity index (χ4v) is 3.22. The molecule has 1 N–H and O–H groups in total. The molecule has 7 heteroatoms. The van der Waals surface area contributed by atoms with Gasteiger partial charge in [-0.05, 0) is 66.6 Å². The molecule has 1 amide bonds. The topological polar surface area (TPSA) is 87.2 Å². The molecule has 1 fully saturated rings. The van der Waals surface area contributed by atoms with E-state index in [9.17, 15) is 9.90 Å². The highest BCUT2D eigenvalue weighted by Gasteiger charge is 2.28. The Labute approximate surface area is 206 Å². The SMILES string of the molecule is C=C(C)CC(O)(CCN(C)C)c1ccccc1.CC.CC(C)(C)OC(=O)N1CCCC1.O=C=O. The predicted molar refractivity (Wildman–Crippen MR) is 136 cm³/mol. The molecule has 1 heterocycles. The number of hydrogen-bond donors (Lipinski definition) is 1. The summed E-state index contributed by atoms with van der Waals surface area (Å²) < 4.78 is 5.21. The van der Waals surface area contributed by atoms with Crippen LogP contribution >= 0.6 is 0 Å². The molecular formula is C27H46N2O5. The molecule has 0 radical (unpaired) electrons. The lowest BCUT2D eigenvalue weighted by Crippen LogP contribution is -2.34. The first kappa shape index (κ1) is 33.7. The van der Waals surface area contributed by atoms with Crippen LogP contribution in [0.4, 0.5) is 4.79 Å². The van der Waals surface area contributed by atoms with Crippen LogP contribution in [0, 0.1) is 0 Å². The third kappa shape index (κ3) is 16.2. The second-order valence-corrected chi connectivity index (χ2v) is 9.34. The van der Waals surface area contributed by atoms with Crippen LogP contribution < -0.4 is 0 Å². The van der Waals surface area contributed by atoms with E-state index in [0.717, 1.165) is 50.0 Å². The summed E-state index contributed by atoms with van der Waals surface area (Å²) >= 11 is 0. The predicted octanol–water partition coefficient (Wildman–Crippen LogP) is 5.25. The second-order valence-electron chi connectivity index (χ2n) is 9.34. The number of aliphatic hydroxyl groups is 1. The number of rotatable bonds is 6. The highest BCUT2D eigenvalue weighted by molar-refractivity contribution is 5.68. The Kier molecular flexibility index (Phi) is 17.8. The molecule has 1 saturated heterocycles. The van der Waals surface area contributed by atoms with Gasteiger partial charge < -0.3 is 19.6 Å². The summed E-state index contributed by atoms with van der Waals surface area (Å²) in [5, 5.41) is 10.8. The van der Waals surface area contributed by atoms with Crippen molar-refractivity contribution in [3.05, 3.63) is 48.0 Å². The average Bonchev–Trinajstić information content (AvgIpc) is 3.29. The fourth-order valence-electron chi connectivity index (χ4n) is 3.22. The highest BCUT2D eigenvalue weighted by Crippen LogP contribution is 2.31. The van der Waals surface area contributed by atoms with Crippen molar-refractivity contribution in [2.45, 2.75) is 78.4 Å². The zero-order valence-electron chi connectivity index (χ0n) is 22.5. The van der Waals surface area contributed by atoms with E-state index in [-0.39, 0.29) is 17.8 Å². The largest absolute Gasteiger partial charge is 0.444 e. The quantitative estimate of drug-likeness (QED) is 0.562. The molecule has 34 heavy (non-hydrogen) atoms. The van der Waals surface area contributed by atoms with Crippen LogP contribution in [0.1, 0.15) is 72.8 Å². The number of benzene rings is 1. The maximum absolute atomic E-state index is 11.4. The minimum absolute atomic E-state index is 0.167. The molecule has 1 atom stereocenters. The maximum Gasteiger partial charge on any atom is 0.410 e. The number of amides is 1. The third-order valence-electron chi connectivity index (χ3n) is 4.64. The minimum atomic E-state index is -0.794. The summed E-state index contributed by atoms with van der Waals surface area (Å²) in [6.45, 7) is 18.1. The molecule has 2 rings (SSSR count). The zero-order chi connectivity index (χ0) is 26.8. The van der Waals surface area contributed by atoms with E-state index in [4.69, 9.17) is 14.3 Å².